The minimum atomic E-state index is 0.578. The third-order valence-electron chi connectivity index (χ3n) is 3.98. The summed E-state index contributed by atoms with van der Waals surface area (Å²) in [5.41, 5.74) is 1.48. The molecular weight excluding hydrogens is 238 g/mol. The first kappa shape index (κ1) is 11.1. The lowest BCUT2D eigenvalue weighted by atomic mass is 10.1. The first-order chi connectivity index (χ1) is 7.72. The Labute approximate surface area is 106 Å². The van der Waals surface area contributed by atoms with Crippen molar-refractivity contribution in [1.82, 2.24) is 5.32 Å². The van der Waals surface area contributed by atoms with Gasteiger partial charge < -0.3 is 5.32 Å². The van der Waals surface area contributed by atoms with Gasteiger partial charge in [0.2, 0.25) is 0 Å². The highest BCUT2D eigenvalue weighted by atomic mass is 35.5. The molecule has 0 spiro atoms. The molecule has 1 nitrogen and oxygen atoms in total. The van der Waals surface area contributed by atoms with Crippen LogP contribution in [0, 0.1) is 5.92 Å². The lowest BCUT2D eigenvalue weighted by Gasteiger charge is -2.19. The molecule has 0 aliphatic heterocycles. The zero-order chi connectivity index (χ0) is 11.1. The Morgan fingerprint density at radius 1 is 1.38 bits per heavy atom. The minimum absolute atomic E-state index is 0.578. The second kappa shape index (κ2) is 4.32. The average Bonchev–Trinajstić information content (AvgIpc) is 2.86. The standard InChI is InChI=1S/C13H18ClNS/c1-8-2-3-9(6-8)15-11-4-5-12-10(11)7-13(14)16-12/h7-9,11,15H,2-6H2,1H3. The number of rotatable bonds is 2. The van der Waals surface area contributed by atoms with E-state index in [4.69, 9.17) is 11.6 Å². The number of nitrogens with one attached hydrogen (secondary N) is 1. The Hall–Kier alpha value is -0.0500. The molecule has 3 heteroatoms. The van der Waals surface area contributed by atoms with Crippen LogP contribution in [0.4, 0.5) is 0 Å². The molecule has 0 radical (unpaired) electrons. The molecular formula is C13H18ClNS. The van der Waals surface area contributed by atoms with Crippen LogP contribution >= 0.6 is 22.9 Å². The second-order valence-corrected chi connectivity index (χ2v) is 7.07. The zero-order valence-corrected chi connectivity index (χ0v) is 11.2. The van der Waals surface area contributed by atoms with E-state index >= 15 is 0 Å². The molecule has 0 amide bonds. The summed E-state index contributed by atoms with van der Waals surface area (Å²) in [5, 5.41) is 3.83. The normalized spacial score (nSPS) is 33.2. The quantitative estimate of drug-likeness (QED) is 0.837. The Kier molecular flexibility index (Phi) is 2.99. The number of hydrogen-bond acceptors (Lipinski definition) is 2. The molecule has 1 saturated carbocycles. The number of fused-ring (bicyclic) bond motifs is 1. The van der Waals surface area contributed by atoms with Crippen LogP contribution < -0.4 is 5.32 Å². The molecule has 0 aromatic carbocycles. The van der Waals surface area contributed by atoms with Crippen molar-refractivity contribution < 1.29 is 0 Å². The first-order valence-corrected chi connectivity index (χ1v) is 7.46. The van der Waals surface area contributed by atoms with Crippen molar-refractivity contribution in [2.45, 2.75) is 51.1 Å². The third-order valence-corrected chi connectivity index (χ3v) is 5.32. The Morgan fingerprint density at radius 3 is 3.00 bits per heavy atom. The van der Waals surface area contributed by atoms with Gasteiger partial charge in [0.1, 0.15) is 0 Å². The molecule has 3 rings (SSSR count). The lowest BCUT2D eigenvalue weighted by Crippen LogP contribution is -2.29. The molecule has 88 valence electrons. The van der Waals surface area contributed by atoms with E-state index in [1.807, 2.05) is 0 Å². The van der Waals surface area contributed by atoms with E-state index in [9.17, 15) is 0 Å². The molecule has 0 saturated heterocycles. The number of halogens is 1. The number of aryl methyl sites for hydroxylation is 1. The van der Waals surface area contributed by atoms with Gasteiger partial charge in [0, 0.05) is 17.0 Å². The number of thiophene rings is 1. The van der Waals surface area contributed by atoms with Crippen LogP contribution in [0.25, 0.3) is 0 Å². The van der Waals surface area contributed by atoms with E-state index in [1.165, 1.54) is 42.5 Å². The van der Waals surface area contributed by atoms with Gasteiger partial charge in [-0.2, -0.15) is 0 Å². The Balaban J connectivity index is 1.68. The summed E-state index contributed by atoms with van der Waals surface area (Å²) in [6.07, 6.45) is 6.58. The molecule has 16 heavy (non-hydrogen) atoms. The predicted octanol–water partition coefficient (Wildman–Crippen LogP) is 4.17. The molecule has 1 fully saturated rings. The molecule has 1 aromatic rings. The molecule has 1 aromatic heterocycles. The van der Waals surface area contributed by atoms with Crippen molar-refractivity contribution in [1.29, 1.82) is 0 Å². The molecule has 2 aliphatic carbocycles. The summed E-state index contributed by atoms with van der Waals surface area (Å²) in [4.78, 5) is 1.51. The maximum atomic E-state index is 6.07. The maximum absolute atomic E-state index is 6.07. The van der Waals surface area contributed by atoms with Gasteiger partial charge in [0.25, 0.3) is 0 Å². The van der Waals surface area contributed by atoms with E-state index in [1.54, 1.807) is 11.3 Å². The first-order valence-electron chi connectivity index (χ1n) is 6.26. The van der Waals surface area contributed by atoms with E-state index in [0.29, 0.717) is 6.04 Å². The van der Waals surface area contributed by atoms with Crippen LogP contribution in [0.1, 0.15) is 49.1 Å². The van der Waals surface area contributed by atoms with Gasteiger partial charge in [-0.05, 0) is 49.7 Å². The van der Waals surface area contributed by atoms with Gasteiger partial charge in [-0.15, -0.1) is 11.3 Å². The molecule has 3 unspecified atom stereocenters. The van der Waals surface area contributed by atoms with Gasteiger partial charge in [-0.25, -0.2) is 0 Å². The van der Waals surface area contributed by atoms with Crippen LogP contribution in [-0.4, -0.2) is 6.04 Å². The van der Waals surface area contributed by atoms with Crippen molar-refractivity contribution in [3.63, 3.8) is 0 Å². The van der Waals surface area contributed by atoms with E-state index < -0.39 is 0 Å². The highest BCUT2D eigenvalue weighted by Gasteiger charge is 2.29. The molecule has 1 N–H and O–H groups in total. The van der Waals surface area contributed by atoms with Crippen LogP contribution in [0.2, 0.25) is 4.34 Å². The monoisotopic (exact) mass is 255 g/mol. The molecule has 2 aliphatic rings. The van der Waals surface area contributed by atoms with Crippen LogP contribution in [-0.2, 0) is 6.42 Å². The Bertz CT molecular complexity index is 387. The van der Waals surface area contributed by atoms with Crippen molar-refractivity contribution in [3.8, 4) is 0 Å². The fourth-order valence-corrected chi connectivity index (χ4v) is 4.50. The Morgan fingerprint density at radius 2 is 2.25 bits per heavy atom. The maximum Gasteiger partial charge on any atom is 0.0934 e. The summed E-state index contributed by atoms with van der Waals surface area (Å²) < 4.78 is 0.955. The van der Waals surface area contributed by atoms with Crippen LogP contribution in [0.15, 0.2) is 6.07 Å². The average molecular weight is 256 g/mol. The topological polar surface area (TPSA) is 12.0 Å². The van der Waals surface area contributed by atoms with Crippen molar-refractivity contribution >= 4 is 22.9 Å². The van der Waals surface area contributed by atoms with Gasteiger partial charge in [-0.3, -0.25) is 0 Å². The highest BCUT2D eigenvalue weighted by Crippen LogP contribution is 2.40. The largest absolute Gasteiger partial charge is 0.307 e. The van der Waals surface area contributed by atoms with E-state index in [2.05, 4.69) is 18.3 Å². The second-order valence-electron chi connectivity index (χ2n) is 5.30. The fraction of sp³-hybridized carbons (Fsp3) is 0.692. The molecule has 3 atom stereocenters. The van der Waals surface area contributed by atoms with Gasteiger partial charge in [-0.1, -0.05) is 18.5 Å². The lowest BCUT2D eigenvalue weighted by molar-refractivity contribution is 0.428. The summed E-state index contributed by atoms with van der Waals surface area (Å²) in [7, 11) is 0. The SMILES string of the molecule is CC1CCC(NC2CCc3sc(Cl)cc32)C1. The smallest absolute Gasteiger partial charge is 0.0934 e. The third kappa shape index (κ3) is 2.03. The van der Waals surface area contributed by atoms with E-state index in [-0.39, 0.29) is 0 Å². The van der Waals surface area contributed by atoms with Gasteiger partial charge in [0.15, 0.2) is 0 Å². The highest BCUT2D eigenvalue weighted by molar-refractivity contribution is 7.16. The van der Waals surface area contributed by atoms with Crippen molar-refractivity contribution in [2.24, 2.45) is 5.92 Å². The van der Waals surface area contributed by atoms with E-state index in [0.717, 1.165) is 16.3 Å². The summed E-state index contributed by atoms with van der Waals surface area (Å²) in [5.74, 6) is 0.907. The number of hydrogen-bond donors (Lipinski definition) is 1. The van der Waals surface area contributed by atoms with Gasteiger partial charge in [0.05, 0.1) is 4.34 Å². The van der Waals surface area contributed by atoms with Crippen molar-refractivity contribution in [3.05, 3.63) is 20.8 Å². The van der Waals surface area contributed by atoms with Crippen molar-refractivity contribution in [2.75, 3.05) is 0 Å². The summed E-state index contributed by atoms with van der Waals surface area (Å²) in [6.45, 7) is 2.36. The van der Waals surface area contributed by atoms with Gasteiger partial charge >= 0.3 is 0 Å². The van der Waals surface area contributed by atoms with Crippen LogP contribution in [0.3, 0.4) is 0 Å². The minimum Gasteiger partial charge on any atom is -0.307 e. The van der Waals surface area contributed by atoms with Crippen LogP contribution in [0.5, 0.6) is 0 Å². The molecule has 1 heterocycles. The fourth-order valence-electron chi connectivity index (χ4n) is 3.15. The summed E-state index contributed by atoms with van der Waals surface area (Å²) in [6, 6.07) is 3.49. The summed E-state index contributed by atoms with van der Waals surface area (Å²) >= 11 is 7.84. The zero-order valence-electron chi connectivity index (χ0n) is 9.63. The molecule has 0 bridgehead atoms. The predicted molar refractivity (Wildman–Crippen MR) is 70.3 cm³/mol.